The van der Waals surface area contributed by atoms with Gasteiger partial charge in [0.15, 0.2) is 0 Å². The average molecular weight is 345 g/mol. The van der Waals surface area contributed by atoms with Gasteiger partial charge in [0.25, 0.3) is 0 Å². The van der Waals surface area contributed by atoms with Crippen LogP contribution in [0.5, 0.6) is 0 Å². The first-order valence-electron chi connectivity index (χ1n) is 9.86. The molecule has 2 atom stereocenters. The number of furan rings is 1. The van der Waals surface area contributed by atoms with E-state index in [-0.39, 0.29) is 5.41 Å². The maximum absolute atomic E-state index is 13.2. The van der Waals surface area contributed by atoms with Crippen molar-refractivity contribution < 1.29 is 9.21 Å². The van der Waals surface area contributed by atoms with Crippen LogP contribution in [0, 0.1) is 18.3 Å². The summed E-state index contributed by atoms with van der Waals surface area (Å²) in [5, 5.41) is 0. The van der Waals surface area contributed by atoms with E-state index in [0.29, 0.717) is 11.8 Å². The Morgan fingerprint density at radius 1 is 1.16 bits per heavy atom. The molecule has 1 amide bonds. The molecular formula is C20H31N3O2. The predicted molar refractivity (Wildman–Crippen MR) is 97.2 cm³/mol. The van der Waals surface area contributed by atoms with E-state index in [1.165, 1.54) is 25.9 Å². The number of amides is 1. The molecule has 4 rings (SSSR count). The fourth-order valence-corrected chi connectivity index (χ4v) is 5.04. The molecule has 0 bridgehead atoms. The van der Waals surface area contributed by atoms with Crippen molar-refractivity contribution in [1.82, 2.24) is 14.7 Å². The van der Waals surface area contributed by atoms with Crippen molar-refractivity contribution in [2.45, 2.75) is 39.7 Å². The van der Waals surface area contributed by atoms with Crippen molar-refractivity contribution in [3.05, 3.63) is 23.7 Å². The van der Waals surface area contributed by atoms with E-state index in [1.54, 1.807) is 0 Å². The molecule has 138 valence electrons. The molecule has 5 heteroatoms. The van der Waals surface area contributed by atoms with Crippen molar-refractivity contribution in [3.63, 3.8) is 0 Å². The van der Waals surface area contributed by atoms with Gasteiger partial charge in [-0.25, -0.2) is 0 Å². The Kier molecular flexibility index (Phi) is 4.63. The van der Waals surface area contributed by atoms with Gasteiger partial charge in [-0.3, -0.25) is 9.69 Å². The van der Waals surface area contributed by atoms with Crippen LogP contribution in [0.15, 0.2) is 16.5 Å². The van der Waals surface area contributed by atoms with E-state index in [4.69, 9.17) is 4.42 Å². The third-order valence-corrected chi connectivity index (χ3v) is 6.58. The van der Waals surface area contributed by atoms with E-state index in [1.807, 2.05) is 13.0 Å². The molecule has 0 aliphatic carbocycles. The van der Waals surface area contributed by atoms with Gasteiger partial charge in [0.1, 0.15) is 11.5 Å². The maximum atomic E-state index is 13.2. The topological polar surface area (TPSA) is 39.9 Å². The molecule has 0 radical (unpaired) electrons. The number of rotatable bonds is 5. The molecule has 5 nitrogen and oxygen atoms in total. The van der Waals surface area contributed by atoms with Crippen LogP contribution in [0.1, 0.15) is 37.7 Å². The fourth-order valence-electron chi connectivity index (χ4n) is 5.04. The standard InChI is InChI=1S/C20H31N3O2/c1-16-13-22(14-18-6-5-17(2)25-18)15-20(16)7-10-23(19(20)24)12-11-21-8-3-4-9-21/h5-6,16H,3-4,7-15H2,1-2H3/t16-,20?/m0/s1. The summed E-state index contributed by atoms with van der Waals surface area (Å²) < 4.78 is 5.73. The number of likely N-dealkylation sites (tertiary alicyclic amines) is 3. The summed E-state index contributed by atoms with van der Waals surface area (Å²) in [6, 6.07) is 4.08. The molecule has 3 aliphatic heterocycles. The summed E-state index contributed by atoms with van der Waals surface area (Å²) in [6.07, 6.45) is 3.65. The minimum absolute atomic E-state index is 0.160. The lowest BCUT2D eigenvalue weighted by atomic mass is 9.78. The summed E-state index contributed by atoms with van der Waals surface area (Å²) >= 11 is 0. The van der Waals surface area contributed by atoms with Crippen LogP contribution in [0.25, 0.3) is 0 Å². The number of nitrogens with zero attached hydrogens (tertiary/aromatic N) is 3. The first kappa shape index (κ1) is 17.1. The summed E-state index contributed by atoms with van der Waals surface area (Å²) in [5.74, 6) is 2.80. The first-order chi connectivity index (χ1) is 12.1. The minimum Gasteiger partial charge on any atom is -0.465 e. The third kappa shape index (κ3) is 3.24. The number of carbonyl (C=O) groups is 1. The Labute approximate surface area is 150 Å². The molecular weight excluding hydrogens is 314 g/mol. The normalized spacial score (nSPS) is 31.0. The smallest absolute Gasteiger partial charge is 0.230 e. The monoisotopic (exact) mass is 345 g/mol. The summed E-state index contributed by atoms with van der Waals surface area (Å²) in [4.78, 5) is 20.2. The van der Waals surface area contributed by atoms with Crippen molar-refractivity contribution >= 4 is 5.91 Å². The second kappa shape index (κ2) is 6.76. The highest BCUT2D eigenvalue weighted by atomic mass is 16.3. The van der Waals surface area contributed by atoms with Crippen LogP contribution < -0.4 is 0 Å². The average Bonchev–Trinajstić information content (AvgIpc) is 3.33. The molecule has 0 saturated carbocycles. The molecule has 1 aromatic rings. The quantitative estimate of drug-likeness (QED) is 0.821. The highest BCUT2D eigenvalue weighted by molar-refractivity contribution is 5.86. The zero-order valence-corrected chi connectivity index (χ0v) is 15.7. The first-order valence-corrected chi connectivity index (χ1v) is 9.86. The molecule has 1 unspecified atom stereocenters. The molecule has 1 aromatic heterocycles. The van der Waals surface area contributed by atoms with Gasteiger partial charge in [-0.1, -0.05) is 6.92 Å². The van der Waals surface area contributed by atoms with Gasteiger partial charge in [0.2, 0.25) is 5.91 Å². The van der Waals surface area contributed by atoms with Gasteiger partial charge >= 0.3 is 0 Å². The van der Waals surface area contributed by atoms with Gasteiger partial charge in [-0.05, 0) is 57.3 Å². The van der Waals surface area contributed by atoms with E-state index in [2.05, 4.69) is 27.7 Å². The van der Waals surface area contributed by atoms with Crippen LogP contribution in [0.3, 0.4) is 0 Å². The molecule has 3 saturated heterocycles. The fraction of sp³-hybridized carbons (Fsp3) is 0.750. The molecule has 1 spiro atoms. The van der Waals surface area contributed by atoms with E-state index < -0.39 is 0 Å². The van der Waals surface area contributed by atoms with Crippen LogP contribution in [0.2, 0.25) is 0 Å². The zero-order valence-electron chi connectivity index (χ0n) is 15.7. The summed E-state index contributed by atoms with van der Waals surface area (Å²) in [6.45, 7) is 12.2. The van der Waals surface area contributed by atoms with E-state index >= 15 is 0 Å². The van der Waals surface area contributed by atoms with Crippen LogP contribution >= 0.6 is 0 Å². The Hall–Kier alpha value is -1.33. The molecule has 25 heavy (non-hydrogen) atoms. The van der Waals surface area contributed by atoms with Crippen molar-refractivity contribution in [2.75, 3.05) is 45.8 Å². The lowest BCUT2D eigenvalue weighted by molar-refractivity contribution is -0.137. The van der Waals surface area contributed by atoms with Crippen molar-refractivity contribution in [3.8, 4) is 0 Å². The third-order valence-electron chi connectivity index (χ3n) is 6.58. The SMILES string of the molecule is Cc1ccc(CN2C[C@H](C)C3(CCN(CCN4CCCC4)C3=O)C2)o1. The Balaban J connectivity index is 1.36. The molecule has 0 aromatic carbocycles. The zero-order chi connectivity index (χ0) is 17.4. The maximum Gasteiger partial charge on any atom is 0.230 e. The Morgan fingerprint density at radius 3 is 2.68 bits per heavy atom. The lowest BCUT2D eigenvalue weighted by Gasteiger charge is -2.27. The highest BCUT2D eigenvalue weighted by Gasteiger charge is 2.54. The van der Waals surface area contributed by atoms with Gasteiger partial charge in [0, 0.05) is 32.7 Å². The second-order valence-corrected chi connectivity index (χ2v) is 8.33. The van der Waals surface area contributed by atoms with Gasteiger partial charge in [-0.15, -0.1) is 0 Å². The van der Waals surface area contributed by atoms with Gasteiger partial charge in [0.05, 0.1) is 12.0 Å². The predicted octanol–water partition coefficient (Wildman–Crippen LogP) is 2.35. The van der Waals surface area contributed by atoms with Gasteiger partial charge < -0.3 is 14.2 Å². The lowest BCUT2D eigenvalue weighted by Crippen LogP contribution is -2.42. The molecule has 3 aliphatic rings. The molecule has 0 N–H and O–H groups in total. The second-order valence-electron chi connectivity index (χ2n) is 8.33. The van der Waals surface area contributed by atoms with Crippen LogP contribution in [-0.2, 0) is 11.3 Å². The van der Waals surface area contributed by atoms with Crippen LogP contribution in [-0.4, -0.2) is 66.4 Å². The largest absolute Gasteiger partial charge is 0.465 e. The Morgan fingerprint density at radius 2 is 1.96 bits per heavy atom. The summed E-state index contributed by atoms with van der Waals surface area (Å²) in [7, 11) is 0. The van der Waals surface area contributed by atoms with Gasteiger partial charge in [-0.2, -0.15) is 0 Å². The van der Waals surface area contributed by atoms with Crippen molar-refractivity contribution in [2.24, 2.45) is 11.3 Å². The number of hydrogen-bond acceptors (Lipinski definition) is 4. The summed E-state index contributed by atoms with van der Waals surface area (Å²) in [5.41, 5.74) is -0.160. The van der Waals surface area contributed by atoms with Crippen LogP contribution in [0.4, 0.5) is 0 Å². The molecule has 3 fully saturated rings. The number of aryl methyl sites for hydroxylation is 1. The minimum atomic E-state index is -0.160. The van der Waals surface area contributed by atoms with Crippen molar-refractivity contribution in [1.29, 1.82) is 0 Å². The highest BCUT2D eigenvalue weighted by Crippen LogP contribution is 2.45. The Bertz CT molecular complexity index is 622. The number of carbonyl (C=O) groups excluding carboxylic acids is 1. The molecule has 4 heterocycles. The van der Waals surface area contributed by atoms with E-state index in [9.17, 15) is 4.79 Å². The van der Waals surface area contributed by atoms with E-state index in [0.717, 1.165) is 57.2 Å². The number of hydrogen-bond donors (Lipinski definition) is 0.